The van der Waals surface area contributed by atoms with Gasteiger partial charge in [0.15, 0.2) is 9.84 Å². The topological polar surface area (TPSA) is 72.5 Å². The van der Waals surface area contributed by atoms with E-state index in [1.807, 2.05) is 54.6 Å². The normalized spacial score (nSPS) is 11.3. The molecule has 148 valence electrons. The number of anilines is 1. The highest BCUT2D eigenvalue weighted by atomic mass is 32.2. The molecule has 0 bridgehead atoms. The van der Waals surface area contributed by atoms with Crippen LogP contribution in [0.5, 0.6) is 5.75 Å². The van der Waals surface area contributed by atoms with E-state index >= 15 is 0 Å². The molecule has 0 spiro atoms. The van der Waals surface area contributed by atoms with Crippen LogP contribution in [-0.2, 0) is 21.2 Å². The van der Waals surface area contributed by atoms with Gasteiger partial charge >= 0.3 is 0 Å². The quantitative estimate of drug-likeness (QED) is 0.592. The first-order chi connectivity index (χ1) is 13.9. The van der Waals surface area contributed by atoms with Crippen molar-refractivity contribution in [2.45, 2.75) is 11.5 Å². The number of hydrogen-bond donors (Lipinski definition) is 1. The molecule has 0 aliphatic heterocycles. The van der Waals surface area contributed by atoms with E-state index in [1.165, 1.54) is 18.2 Å². The molecule has 3 rings (SSSR count). The van der Waals surface area contributed by atoms with Crippen LogP contribution in [0.4, 0.5) is 5.69 Å². The van der Waals surface area contributed by atoms with Crippen molar-refractivity contribution in [3.8, 4) is 5.75 Å². The van der Waals surface area contributed by atoms with Gasteiger partial charge < -0.3 is 10.1 Å². The molecule has 0 unspecified atom stereocenters. The van der Waals surface area contributed by atoms with Crippen LogP contribution < -0.4 is 10.1 Å². The smallest absolute Gasteiger partial charge is 0.248 e. The molecule has 0 fully saturated rings. The fourth-order valence-corrected chi connectivity index (χ4v) is 3.19. The second-order valence-corrected chi connectivity index (χ2v) is 8.48. The third-order valence-corrected chi connectivity index (χ3v) is 5.23. The molecule has 0 atom stereocenters. The number of hydrogen-bond acceptors (Lipinski definition) is 4. The first-order valence-electron chi connectivity index (χ1n) is 8.96. The van der Waals surface area contributed by atoms with E-state index in [2.05, 4.69) is 5.32 Å². The molecule has 3 aromatic carbocycles. The third-order valence-electron chi connectivity index (χ3n) is 4.11. The van der Waals surface area contributed by atoms with Crippen molar-refractivity contribution in [2.75, 3.05) is 11.6 Å². The molecule has 5 nitrogen and oxygen atoms in total. The monoisotopic (exact) mass is 407 g/mol. The molecule has 29 heavy (non-hydrogen) atoms. The molecule has 1 amide bonds. The molecule has 0 heterocycles. The number of carbonyl (C=O) groups is 1. The lowest BCUT2D eigenvalue weighted by Crippen LogP contribution is -2.08. The van der Waals surface area contributed by atoms with Gasteiger partial charge in [-0.25, -0.2) is 8.42 Å². The van der Waals surface area contributed by atoms with Crippen LogP contribution in [0.3, 0.4) is 0 Å². The minimum Gasteiger partial charge on any atom is -0.489 e. The third kappa shape index (κ3) is 6.33. The maximum absolute atomic E-state index is 12.1. The van der Waals surface area contributed by atoms with Gasteiger partial charge in [0.05, 0.1) is 4.90 Å². The van der Waals surface area contributed by atoms with Gasteiger partial charge in [-0.1, -0.05) is 42.5 Å². The molecule has 0 aliphatic rings. The lowest BCUT2D eigenvalue weighted by Gasteiger charge is -2.06. The summed E-state index contributed by atoms with van der Waals surface area (Å²) in [5, 5.41) is 2.70. The van der Waals surface area contributed by atoms with Crippen molar-refractivity contribution in [3.63, 3.8) is 0 Å². The average molecular weight is 407 g/mol. The molecule has 0 radical (unpaired) electrons. The molecule has 0 aromatic heterocycles. The predicted molar refractivity (Wildman–Crippen MR) is 114 cm³/mol. The Kier molecular flexibility index (Phi) is 6.46. The number of benzene rings is 3. The Balaban J connectivity index is 1.53. The summed E-state index contributed by atoms with van der Waals surface area (Å²) in [6.45, 7) is 0.497. The standard InChI is InChI=1S/C23H21NO4S/c1-29(26,27)22-14-10-20(11-15-22)24-23(25)16-9-18-7-12-21(13-8-18)28-17-19-5-3-2-4-6-19/h2-16H,17H2,1H3,(H,24,25)/b16-9+. The van der Waals surface area contributed by atoms with Gasteiger partial charge in [-0.2, -0.15) is 0 Å². The minimum absolute atomic E-state index is 0.209. The summed E-state index contributed by atoms with van der Waals surface area (Å²) < 4.78 is 28.6. The summed E-state index contributed by atoms with van der Waals surface area (Å²) in [7, 11) is -3.25. The summed E-state index contributed by atoms with van der Waals surface area (Å²) in [6, 6.07) is 23.4. The maximum atomic E-state index is 12.1. The van der Waals surface area contributed by atoms with Crippen LogP contribution in [0, 0.1) is 0 Å². The van der Waals surface area contributed by atoms with Crippen molar-refractivity contribution in [1.82, 2.24) is 0 Å². The van der Waals surface area contributed by atoms with Crippen LogP contribution in [0.1, 0.15) is 11.1 Å². The maximum Gasteiger partial charge on any atom is 0.248 e. The lowest BCUT2D eigenvalue weighted by atomic mass is 10.2. The minimum atomic E-state index is -3.25. The van der Waals surface area contributed by atoms with Crippen LogP contribution in [0.2, 0.25) is 0 Å². The number of rotatable bonds is 7. The zero-order chi connectivity index (χ0) is 20.7. The van der Waals surface area contributed by atoms with Crippen LogP contribution in [0.25, 0.3) is 6.08 Å². The van der Waals surface area contributed by atoms with Gasteiger partial charge in [0.2, 0.25) is 5.91 Å². The SMILES string of the molecule is CS(=O)(=O)c1ccc(NC(=O)/C=C/c2ccc(OCc3ccccc3)cc2)cc1. The number of nitrogens with one attached hydrogen (secondary N) is 1. The summed E-state index contributed by atoms with van der Waals surface area (Å²) in [6.07, 6.45) is 4.26. The van der Waals surface area contributed by atoms with Gasteiger partial charge in [-0.15, -0.1) is 0 Å². The highest BCUT2D eigenvalue weighted by molar-refractivity contribution is 7.90. The van der Waals surface area contributed by atoms with Crippen molar-refractivity contribution >= 4 is 27.5 Å². The molecule has 3 aromatic rings. The molecule has 6 heteroatoms. The molecular formula is C23H21NO4S. The Morgan fingerprint density at radius 3 is 2.21 bits per heavy atom. The number of sulfone groups is 1. The van der Waals surface area contributed by atoms with Crippen molar-refractivity contribution < 1.29 is 17.9 Å². The second-order valence-electron chi connectivity index (χ2n) is 6.46. The number of amides is 1. The van der Waals surface area contributed by atoms with E-state index in [1.54, 1.807) is 18.2 Å². The summed E-state index contributed by atoms with van der Waals surface area (Å²) >= 11 is 0. The van der Waals surface area contributed by atoms with E-state index in [0.717, 1.165) is 23.1 Å². The highest BCUT2D eigenvalue weighted by Crippen LogP contribution is 2.16. The van der Waals surface area contributed by atoms with E-state index in [9.17, 15) is 13.2 Å². The highest BCUT2D eigenvalue weighted by Gasteiger charge is 2.06. The predicted octanol–water partition coefficient (Wildman–Crippen LogP) is 4.32. The van der Waals surface area contributed by atoms with Gasteiger partial charge in [0.25, 0.3) is 0 Å². The molecular weight excluding hydrogens is 386 g/mol. The Morgan fingerprint density at radius 1 is 0.931 bits per heavy atom. The second kappa shape index (κ2) is 9.21. The first-order valence-corrected chi connectivity index (χ1v) is 10.9. The molecule has 0 aliphatic carbocycles. The Morgan fingerprint density at radius 2 is 1.59 bits per heavy atom. The number of carbonyl (C=O) groups excluding carboxylic acids is 1. The Labute approximate surface area is 170 Å². The van der Waals surface area contributed by atoms with Crippen LogP contribution in [0.15, 0.2) is 89.8 Å². The van der Waals surface area contributed by atoms with Gasteiger partial charge in [-0.3, -0.25) is 4.79 Å². The summed E-state index contributed by atoms with van der Waals surface area (Å²) in [5.74, 6) is 0.447. The van der Waals surface area contributed by atoms with Crippen molar-refractivity contribution in [3.05, 3.63) is 96.1 Å². The average Bonchev–Trinajstić information content (AvgIpc) is 2.72. The molecule has 1 N–H and O–H groups in total. The van der Waals surface area contributed by atoms with E-state index < -0.39 is 9.84 Å². The summed E-state index contributed by atoms with van der Waals surface area (Å²) in [4.78, 5) is 12.3. The largest absolute Gasteiger partial charge is 0.489 e. The fraction of sp³-hybridized carbons (Fsp3) is 0.0870. The Hall–Kier alpha value is -3.38. The van der Waals surface area contributed by atoms with Gasteiger partial charge in [0, 0.05) is 18.0 Å². The fourth-order valence-electron chi connectivity index (χ4n) is 2.56. The number of ether oxygens (including phenoxy) is 1. The zero-order valence-corrected chi connectivity index (χ0v) is 16.7. The van der Waals surface area contributed by atoms with E-state index in [0.29, 0.717) is 12.3 Å². The zero-order valence-electron chi connectivity index (χ0n) is 15.9. The van der Waals surface area contributed by atoms with Crippen molar-refractivity contribution in [2.24, 2.45) is 0 Å². The van der Waals surface area contributed by atoms with Gasteiger partial charge in [-0.05, 0) is 53.6 Å². The van der Waals surface area contributed by atoms with Gasteiger partial charge in [0.1, 0.15) is 12.4 Å². The van der Waals surface area contributed by atoms with Crippen molar-refractivity contribution in [1.29, 1.82) is 0 Å². The Bertz CT molecular complexity index is 1090. The van der Waals surface area contributed by atoms with E-state index in [4.69, 9.17) is 4.74 Å². The molecule has 0 saturated heterocycles. The van der Waals surface area contributed by atoms with E-state index in [-0.39, 0.29) is 10.8 Å². The lowest BCUT2D eigenvalue weighted by molar-refractivity contribution is -0.111. The first kappa shape index (κ1) is 20.4. The van der Waals surface area contributed by atoms with Crippen LogP contribution >= 0.6 is 0 Å². The molecule has 0 saturated carbocycles. The summed E-state index contributed by atoms with van der Waals surface area (Å²) in [5.41, 5.74) is 2.48. The van der Waals surface area contributed by atoms with Crippen LogP contribution in [-0.4, -0.2) is 20.6 Å².